The van der Waals surface area contributed by atoms with Crippen molar-refractivity contribution >= 4 is 5.96 Å². The highest BCUT2D eigenvalue weighted by molar-refractivity contribution is 5.79. The van der Waals surface area contributed by atoms with Gasteiger partial charge in [0.1, 0.15) is 12.0 Å². The third-order valence-corrected chi connectivity index (χ3v) is 3.88. The molecule has 0 bridgehead atoms. The summed E-state index contributed by atoms with van der Waals surface area (Å²) in [5.41, 5.74) is 0.885. The number of aromatic nitrogens is 1. The monoisotopic (exact) mass is 279 g/mol. The summed E-state index contributed by atoms with van der Waals surface area (Å²) in [6.45, 7) is 6.22. The van der Waals surface area contributed by atoms with Crippen LogP contribution in [-0.4, -0.2) is 60.7 Å². The summed E-state index contributed by atoms with van der Waals surface area (Å²) in [7, 11) is 3.90. The van der Waals surface area contributed by atoms with Crippen LogP contribution in [0.1, 0.15) is 25.5 Å². The smallest absolute Gasteiger partial charge is 0.193 e. The molecule has 1 aliphatic rings. The molecule has 1 fully saturated rings. The number of likely N-dealkylation sites (N-methyl/N-ethyl adjacent to an activating group) is 2. The van der Waals surface area contributed by atoms with Crippen molar-refractivity contribution in [3.8, 4) is 0 Å². The summed E-state index contributed by atoms with van der Waals surface area (Å²) in [6, 6.07) is 2.49. The van der Waals surface area contributed by atoms with Gasteiger partial charge in [0.15, 0.2) is 5.96 Å². The van der Waals surface area contributed by atoms with E-state index in [1.807, 2.05) is 13.1 Å². The average molecular weight is 279 g/mol. The zero-order valence-electron chi connectivity index (χ0n) is 12.7. The van der Waals surface area contributed by atoms with E-state index in [0.717, 1.165) is 24.7 Å². The van der Waals surface area contributed by atoms with Gasteiger partial charge in [0.2, 0.25) is 0 Å². The molecule has 112 valence electrons. The summed E-state index contributed by atoms with van der Waals surface area (Å²) >= 11 is 0. The molecule has 1 aromatic heterocycles. The molecule has 0 spiro atoms. The normalized spacial score (nSPS) is 20.4. The van der Waals surface area contributed by atoms with Gasteiger partial charge in [-0.15, -0.1) is 0 Å². The van der Waals surface area contributed by atoms with E-state index in [4.69, 9.17) is 4.52 Å². The second-order valence-corrected chi connectivity index (χ2v) is 5.20. The minimum Gasteiger partial charge on any atom is -0.364 e. The van der Waals surface area contributed by atoms with Gasteiger partial charge < -0.3 is 14.7 Å². The molecule has 6 nitrogen and oxygen atoms in total. The van der Waals surface area contributed by atoms with Gasteiger partial charge in [-0.05, 0) is 25.9 Å². The number of likely N-dealkylation sites (tertiary alicyclic amines) is 1. The molecule has 1 saturated heterocycles. The lowest BCUT2D eigenvalue weighted by atomic mass is 10.2. The number of guanidine groups is 1. The molecule has 1 N–H and O–H groups in total. The molecule has 6 heteroatoms. The number of aliphatic imine (C=N–C) groups is 1. The fraction of sp³-hybridized carbons (Fsp3) is 0.714. The Kier molecular flexibility index (Phi) is 5.40. The molecular formula is C14H25N5O. The van der Waals surface area contributed by atoms with Crippen LogP contribution in [0.5, 0.6) is 0 Å². The van der Waals surface area contributed by atoms with Crippen LogP contribution in [0.25, 0.3) is 0 Å². The van der Waals surface area contributed by atoms with Crippen molar-refractivity contribution in [2.24, 2.45) is 4.99 Å². The van der Waals surface area contributed by atoms with Gasteiger partial charge in [-0.2, -0.15) is 0 Å². The summed E-state index contributed by atoms with van der Waals surface area (Å²) in [5, 5.41) is 7.20. The van der Waals surface area contributed by atoms with E-state index < -0.39 is 0 Å². The molecule has 1 aliphatic heterocycles. The maximum Gasteiger partial charge on any atom is 0.193 e. The largest absolute Gasteiger partial charge is 0.364 e. The van der Waals surface area contributed by atoms with Crippen molar-refractivity contribution in [1.29, 1.82) is 0 Å². The lowest BCUT2D eigenvalue weighted by molar-refractivity contribution is 0.232. The highest BCUT2D eigenvalue weighted by Gasteiger charge is 2.24. The first-order valence-electron chi connectivity index (χ1n) is 7.29. The fourth-order valence-electron chi connectivity index (χ4n) is 2.80. The first-order valence-corrected chi connectivity index (χ1v) is 7.29. The van der Waals surface area contributed by atoms with Crippen LogP contribution in [0.2, 0.25) is 0 Å². The molecule has 0 radical (unpaired) electrons. The van der Waals surface area contributed by atoms with Gasteiger partial charge in [0, 0.05) is 32.7 Å². The van der Waals surface area contributed by atoms with Crippen LogP contribution in [0, 0.1) is 0 Å². The van der Waals surface area contributed by atoms with E-state index in [1.165, 1.54) is 19.4 Å². The fourth-order valence-corrected chi connectivity index (χ4v) is 2.80. The lowest BCUT2D eigenvalue weighted by Gasteiger charge is -2.29. The Morgan fingerprint density at radius 3 is 3.15 bits per heavy atom. The van der Waals surface area contributed by atoms with Gasteiger partial charge >= 0.3 is 0 Å². The summed E-state index contributed by atoms with van der Waals surface area (Å²) in [5.74, 6) is 0.899. The average Bonchev–Trinajstić information content (AvgIpc) is 3.10. The standard InChI is InChI=1S/C14H25N5O/c1-4-19-8-5-6-13(19)11-18(3)14(15-2)16-10-12-7-9-20-17-12/h7,9,13H,4-6,8,10-11H2,1-3H3,(H,15,16). The van der Waals surface area contributed by atoms with Gasteiger partial charge in [-0.1, -0.05) is 12.1 Å². The van der Waals surface area contributed by atoms with Crippen LogP contribution in [-0.2, 0) is 6.54 Å². The first-order chi connectivity index (χ1) is 9.74. The Labute approximate surface area is 120 Å². The van der Waals surface area contributed by atoms with E-state index in [-0.39, 0.29) is 0 Å². The van der Waals surface area contributed by atoms with Gasteiger partial charge in [-0.3, -0.25) is 9.89 Å². The first kappa shape index (κ1) is 14.8. The number of nitrogens with one attached hydrogen (secondary N) is 1. The van der Waals surface area contributed by atoms with Crippen LogP contribution in [0.3, 0.4) is 0 Å². The SMILES string of the molecule is CCN1CCCC1CN(C)C(=NC)NCc1ccon1. The topological polar surface area (TPSA) is 56.9 Å². The molecular weight excluding hydrogens is 254 g/mol. The van der Waals surface area contributed by atoms with E-state index in [9.17, 15) is 0 Å². The molecule has 0 saturated carbocycles. The molecule has 0 aromatic carbocycles. The number of hydrogen-bond donors (Lipinski definition) is 1. The van der Waals surface area contributed by atoms with E-state index in [2.05, 4.69) is 39.2 Å². The van der Waals surface area contributed by atoms with Crippen LogP contribution >= 0.6 is 0 Å². The Morgan fingerprint density at radius 2 is 2.50 bits per heavy atom. The third kappa shape index (κ3) is 3.72. The molecule has 0 amide bonds. The molecule has 2 heterocycles. The highest BCUT2D eigenvalue weighted by Crippen LogP contribution is 2.17. The van der Waals surface area contributed by atoms with Gasteiger partial charge in [0.25, 0.3) is 0 Å². The van der Waals surface area contributed by atoms with Crippen molar-refractivity contribution in [3.63, 3.8) is 0 Å². The zero-order valence-corrected chi connectivity index (χ0v) is 12.7. The third-order valence-electron chi connectivity index (χ3n) is 3.88. The number of nitrogens with zero attached hydrogens (tertiary/aromatic N) is 4. The van der Waals surface area contributed by atoms with Gasteiger partial charge in [-0.25, -0.2) is 0 Å². The molecule has 20 heavy (non-hydrogen) atoms. The molecule has 2 rings (SSSR count). The van der Waals surface area contributed by atoms with Crippen molar-refractivity contribution in [3.05, 3.63) is 18.0 Å². The Morgan fingerprint density at radius 1 is 1.65 bits per heavy atom. The van der Waals surface area contributed by atoms with Crippen molar-refractivity contribution < 1.29 is 4.52 Å². The maximum atomic E-state index is 4.83. The minimum atomic E-state index is 0.635. The Balaban J connectivity index is 1.84. The van der Waals surface area contributed by atoms with Crippen LogP contribution in [0.15, 0.2) is 21.8 Å². The maximum absolute atomic E-state index is 4.83. The van der Waals surface area contributed by atoms with E-state index in [0.29, 0.717) is 12.6 Å². The zero-order chi connectivity index (χ0) is 14.4. The number of rotatable bonds is 5. The van der Waals surface area contributed by atoms with Crippen molar-refractivity contribution in [2.75, 3.05) is 33.7 Å². The highest BCUT2D eigenvalue weighted by atomic mass is 16.5. The van der Waals surface area contributed by atoms with Crippen molar-refractivity contribution in [1.82, 2.24) is 20.3 Å². The summed E-state index contributed by atoms with van der Waals surface area (Å²) in [4.78, 5) is 9.07. The van der Waals surface area contributed by atoms with E-state index >= 15 is 0 Å². The second-order valence-electron chi connectivity index (χ2n) is 5.20. The molecule has 1 unspecified atom stereocenters. The number of hydrogen-bond acceptors (Lipinski definition) is 4. The molecule has 1 aromatic rings. The van der Waals surface area contributed by atoms with Gasteiger partial charge in [0.05, 0.1) is 6.54 Å². The van der Waals surface area contributed by atoms with E-state index in [1.54, 1.807) is 6.26 Å². The molecule has 0 aliphatic carbocycles. The van der Waals surface area contributed by atoms with Crippen LogP contribution < -0.4 is 5.32 Å². The predicted octanol–water partition coefficient (Wildman–Crippen LogP) is 1.17. The Bertz CT molecular complexity index is 417. The summed E-state index contributed by atoms with van der Waals surface area (Å²) in [6.07, 6.45) is 4.16. The Hall–Kier alpha value is -1.56. The molecule has 1 atom stereocenters. The minimum absolute atomic E-state index is 0.635. The van der Waals surface area contributed by atoms with Crippen LogP contribution in [0.4, 0.5) is 0 Å². The second kappa shape index (κ2) is 7.28. The quantitative estimate of drug-likeness (QED) is 0.647. The van der Waals surface area contributed by atoms with Crippen molar-refractivity contribution in [2.45, 2.75) is 32.4 Å². The predicted molar refractivity (Wildman–Crippen MR) is 79.6 cm³/mol. The summed E-state index contributed by atoms with van der Waals surface area (Å²) < 4.78 is 4.83. The lowest BCUT2D eigenvalue weighted by Crippen LogP contribution is -2.45.